The van der Waals surface area contributed by atoms with E-state index in [0.29, 0.717) is 5.57 Å². The number of halogens is 2. The minimum Gasteiger partial charge on any atom is -0.204 e. The third kappa shape index (κ3) is 3.17. The van der Waals surface area contributed by atoms with Crippen LogP contribution in [-0.2, 0) is 0 Å². The summed E-state index contributed by atoms with van der Waals surface area (Å²) < 4.78 is 24.2. The highest BCUT2D eigenvalue weighted by molar-refractivity contribution is 5.26. The second-order valence-electron chi connectivity index (χ2n) is 1.93. The third-order valence-electron chi connectivity index (χ3n) is 1.07. The predicted octanol–water partition coefficient (Wildman–Crippen LogP) is 3.29. The van der Waals surface area contributed by atoms with Crippen LogP contribution in [0.4, 0.5) is 8.78 Å². The standard InChI is InChI=1S/C8H10F2/c1-4-6(2)5-8(10)7(3)9/h4-5H,3H2,1-2H3/b6-4-,8-5+. The molecule has 2 heteroatoms. The van der Waals surface area contributed by atoms with Gasteiger partial charge in [0, 0.05) is 0 Å². The normalized spacial score (nSPS) is 13.6. The van der Waals surface area contributed by atoms with Crippen molar-refractivity contribution in [2.24, 2.45) is 0 Å². The van der Waals surface area contributed by atoms with Crippen LogP contribution in [0.15, 0.2) is 36.0 Å². The van der Waals surface area contributed by atoms with E-state index in [2.05, 4.69) is 6.58 Å². The second-order valence-corrected chi connectivity index (χ2v) is 1.93. The molecule has 0 N–H and O–H groups in total. The summed E-state index contributed by atoms with van der Waals surface area (Å²) in [4.78, 5) is 0. The largest absolute Gasteiger partial charge is 0.204 e. The van der Waals surface area contributed by atoms with Crippen molar-refractivity contribution in [2.45, 2.75) is 13.8 Å². The maximum absolute atomic E-state index is 12.3. The van der Waals surface area contributed by atoms with Gasteiger partial charge in [-0.3, -0.25) is 0 Å². The molecule has 0 aromatic rings. The molecule has 0 amide bonds. The maximum Gasteiger partial charge on any atom is 0.158 e. The van der Waals surface area contributed by atoms with Gasteiger partial charge >= 0.3 is 0 Å². The molecule has 0 rings (SSSR count). The molecule has 0 aromatic heterocycles. The molecule has 0 spiro atoms. The first-order valence-electron chi connectivity index (χ1n) is 2.92. The Kier molecular flexibility index (Phi) is 3.62. The third-order valence-corrected chi connectivity index (χ3v) is 1.07. The topological polar surface area (TPSA) is 0 Å². The minimum atomic E-state index is -1.03. The van der Waals surface area contributed by atoms with Gasteiger partial charge in [0.25, 0.3) is 0 Å². The second kappa shape index (κ2) is 3.99. The molecule has 0 aliphatic carbocycles. The van der Waals surface area contributed by atoms with Gasteiger partial charge in [-0.15, -0.1) is 0 Å². The molecule has 10 heavy (non-hydrogen) atoms. The van der Waals surface area contributed by atoms with Crippen LogP contribution in [0.1, 0.15) is 13.8 Å². The molecular formula is C8H10F2. The summed E-state index contributed by atoms with van der Waals surface area (Å²) in [5.74, 6) is -1.93. The SMILES string of the molecule is C=C(F)/C(F)=C\C(C)=C/C. The highest BCUT2D eigenvalue weighted by atomic mass is 19.2. The predicted molar refractivity (Wildman–Crippen MR) is 38.9 cm³/mol. The fraction of sp³-hybridized carbons (Fsp3) is 0.250. The fourth-order valence-electron chi connectivity index (χ4n) is 0.362. The van der Waals surface area contributed by atoms with Crippen molar-refractivity contribution in [3.8, 4) is 0 Å². The van der Waals surface area contributed by atoms with Crippen LogP contribution in [0.3, 0.4) is 0 Å². The van der Waals surface area contributed by atoms with Crippen LogP contribution in [0.25, 0.3) is 0 Å². The lowest BCUT2D eigenvalue weighted by Gasteiger charge is -1.90. The van der Waals surface area contributed by atoms with Crippen LogP contribution >= 0.6 is 0 Å². The summed E-state index contributed by atoms with van der Waals surface area (Å²) in [6, 6.07) is 0. The van der Waals surface area contributed by atoms with E-state index in [-0.39, 0.29) is 0 Å². The molecule has 0 nitrogen and oxygen atoms in total. The summed E-state index contributed by atoms with van der Waals surface area (Å²) in [5.41, 5.74) is 0.677. The lowest BCUT2D eigenvalue weighted by atomic mass is 10.2. The lowest BCUT2D eigenvalue weighted by Crippen LogP contribution is -1.73. The van der Waals surface area contributed by atoms with E-state index in [9.17, 15) is 8.78 Å². The Morgan fingerprint density at radius 1 is 1.40 bits per heavy atom. The van der Waals surface area contributed by atoms with Crippen LogP contribution in [-0.4, -0.2) is 0 Å². The van der Waals surface area contributed by atoms with Gasteiger partial charge in [0.05, 0.1) is 0 Å². The number of hydrogen-bond acceptors (Lipinski definition) is 0. The molecule has 0 aliphatic rings. The quantitative estimate of drug-likeness (QED) is 0.521. The molecule has 0 unspecified atom stereocenters. The van der Waals surface area contributed by atoms with E-state index in [4.69, 9.17) is 0 Å². The molecule has 0 atom stereocenters. The van der Waals surface area contributed by atoms with Crippen molar-refractivity contribution < 1.29 is 8.78 Å². The van der Waals surface area contributed by atoms with Gasteiger partial charge in [0.15, 0.2) is 11.7 Å². The van der Waals surface area contributed by atoms with E-state index in [1.807, 2.05) is 0 Å². The van der Waals surface area contributed by atoms with Crippen LogP contribution in [0.5, 0.6) is 0 Å². The van der Waals surface area contributed by atoms with E-state index in [0.717, 1.165) is 6.08 Å². The Morgan fingerprint density at radius 3 is 2.20 bits per heavy atom. The summed E-state index contributed by atoms with van der Waals surface area (Å²) >= 11 is 0. The molecule has 0 aromatic carbocycles. The Balaban J connectivity index is 4.31. The average Bonchev–Trinajstić information content (AvgIpc) is 1.87. The van der Waals surface area contributed by atoms with Gasteiger partial charge < -0.3 is 0 Å². The minimum absolute atomic E-state index is 0.677. The summed E-state index contributed by atoms with van der Waals surface area (Å²) in [7, 11) is 0. The first kappa shape index (κ1) is 9.08. The van der Waals surface area contributed by atoms with Gasteiger partial charge in [-0.25, -0.2) is 8.78 Å². The van der Waals surface area contributed by atoms with E-state index in [1.54, 1.807) is 19.9 Å². The van der Waals surface area contributed by atoms with E-state index in [1.165, 1.54) is 0 Å². The Hall–Kier alpha value is -0.920. The molecule has 0 heterocycles. The number of hydrogen-bond donors (Lipinski definition) is 0. The lowest BCUT2D eigenvalue weighted by molar-refractivity contribution is 0.547. The van der Waals surface area contributed by atoms with E-state index < -0.39 is 11.7 Å². The first-order chi connectivity index (χ1) is 4.57. The van der Waals surface area contributed by atoms with Crippen molar-refractivity contribution in [1.82, 2.24) is 0 Å². The van der Waals surface area contributed by atoms with Gasteiger partial charge in [0.2, 0.25) is 0 Å². The smallest absolute Gasteiger partial charge is 0.158 e. The molecule has 0 saturated carbocycles. The number of rotatable bonds is 2. The molecule has 0 fully saturated rings. The van der Waals surface area contributed by atoms with Crippen molar-refractivity contribution in [3.63, 3.8) is 0 Å². The Morgan fingerprint density at radius 2 is 1.90 bits per heavy atom. The van der Waals surface area contributed by atoms with Gasteiger partial charge in [-0.1, -0.05) is 18.2 Å². The molecule has 0 bridgehead atoms. The molecule has 0 radical (unpaired) electrons. The fourth-order valence-corrected chi connectivity index (χ4v) is 0.362. The summed E-state index contributed by atoms with van der Waals surface area (Å²) in [6.45, 7) is 6.24. The molecule has 0 saturated heterocycles. The molecule has 0 aliphatic heterocycles. The van der Waals surface area contributed by atoms with Crippen LogP contribution in [0.2, 0.25) is 0 Å². The summed E-state index contributed by atoms with van der Waals surface area (Å²) in [5, 5.41) is 0. The zero-order valence-electron chi connectivity index (χ0n) is 6.12. The van der Waals surface area contributed by atoms with Crippen molar-refractivity contribution in [2.75, 3.05) is 0 Å². The van der Waals surface area contributed by atoms with Crippen molar-refractivity contribution in [1.29, 1.82) is 0 Å². The molecular weight excluding hydrogens is 134 g/mol. The first-order valence-corrected chi connectivity index (χ1v) is 2.92. The van der Waals surface area contributed by atoms with Crippen LogP contribution < -0.4 is 0 Å². The number of allylic oxidation sites excluding steroid dienone is 5. The molecule has 56 valence electrons. The average molecular weight is 144 g/mol. The maximum atomic E-state index is 12.3. The monoisotopic (exact) mass is 144 g/mol. The van der Waals surface area contributed by atoms with Crippen molar-refractivity contribution >= 4 is 0 Å². The van der Waals surface area contributed by atoms with Gasteiger partial charge in [-0.05, 0) is 19.9 Å². The Bertz CT molecular complexity index is 187. The van der Waals surface area contributed by atoms with Crippen molar-refractivity contribution in [3.05, 3.63) is 36.0 Å². The van der Waals surface area contributed by atoms with Gasteiger partial charge in [0.1, 0.15) is 0 Å². The summed E-state index contributed by atoms with van der Waals surface area (Å²) in [6.07, 6.45) is 2.78. The highest BCUT2D eigenvalue weighted by Gasteiger charge is 1.97. The van der Waals surface area contributed by atoms with Crippen LogP contribution in [0, 0.1) is 0 Å². The zero-order valence-corrected chi connectivity index (χ0v) is 6.12. The highest BCUT2D eigenvalue weighted by Crippen LogP contribution is 2.12. The Labute approximate surface area is 59.6 Å². The van der Waals surface area contributed by atoms with E-state index >= 15 is 0 Å². The zero-order chi connectivity index (χ0) is 8.15. The van der Waals surface area contributed by atoms with Gasteiger partial charge in [-0.2, -0.15) is 0 Å².